The number of nitrogens with zero attached hydrogens (tertiary/aromatic N) is 3. The van der Waals surface area contributed by atoms with E-state index in [-0.39, 0.29) is 25.5 Å². The number of anilines is 1. The normalized spacial score (nSPS) is 12.7. The lowest BCUT2D eigenvalue weighted by Crippen LogP contribution is -2.46. The molecule has 1 aliphatic carbocycles. The van der Waals surface area contributed by atoms with Gasteiger partial charge in [-0.3, -0.25) is 25.1 Å². The van der Waals surface area contributed by atoms with Gasteiger partial charge in [-0.25, -0.2) is 9.59 Å². The number of hydrogen-bond donors (Lipinski definition) is 2. The van der Waals surface area contributed by atoms with Crippen molar-refractivity contribution in [2.24, 2.45) is 5.73 Å². The highest BCUT2D eigenvalue weighted by molar-refractivity contribution is 5.97. The lowest BCUT2D eigenvalue weighted by Gasteiger charge is -2.28. The molecule has 3 aromatic rings. The van der Waals surface area contributed by atoms with E-state index in [1.165, 1.54) is 0 Å². The number of amides is 1. The Bertz CT molecular complexity index is 1380. The molecule has 12 nitrogen and oxygen atoms in total. The summed E-state index contributed by atoms with van der Waals surface area (Å²) in [5.41, 5.74) is 7.59. The smallest absolute Gasteiger partial charge is 0.415 e. The number of nitro groups is 2. The number of non-ortho nitro benzene ring substituents is 1. The van der Waals surface area contributed by atoms with Crippen LogP contribution < -0.4 is 10.6 Å². The third-order valence-electron chi connectivity index (χ3n) is 6.69. The fraction of sp³-hybridized carbons (Fsp3) is 0.259. The first kappa shape index (κ1) is 27.2. The highest BCUT2D eigenvalue weighted by Gasteiger charge is 2.38. The van der Waals surface area contributed by atoms with E-state index in [0.29, 0.717) is 23.8 Å². The minimum Gasteiger partial charge on any atom is -0.480 e. The van der Waals surface area contributed by atoms with Crippen molar-refractivity contribution >= 4 is 29.1 Å². The number of carboxylic acids is 1. The summed E-state index contributed by atoms with van der Waals surface area (Å²) in [6, 6.07) is 16.4. The molecule has 1 aliphatic rings. The predicted molar refractivity (Wildman–Crippen MR) is 142 cm³/mol. The first-order valence-corrected chi connectivity index (χ1v) is 12.2. The fourth-order valence-electron chi connectivity index (χ4n) is 4.88. The Morgan fingerprint density at radius 2 is 1.56 bits per heavy atom. The monoisotopic (exact) mass is 534 g/mol. The van der Waals surface area contributed by atoms with Crippen molar-refractivity contribution in [3.8, 4) is 11.1 Å². The van der Waals surface area contributed by atoms with Gasteiger partial charge in [0, 0.05) is 12.0 Å². The lowest BCUT2D eigenvalue weighted by atomic mass is 9.98. The molecule has 1 amide bonds. The van der Waals surface area contributed by atoms with Crippen molar-refractivity contribution in [2.75, 3.05) is 18.1 Å². The maximum atomic E-state index is 13.6. The molecule has 3 aromatic carbocycles. The van der Waals surface area contributed by atoms with E-state index in [1.807, 2.05) is 48.5 Å². The first-order valence-electron chi connectivity index (χ1n) is 12.2. The number of carboxylic acid groups (broad SMARTS) is 1. The van der Waals surface area contributed by atoms with Crippen LogP contribution in [0.5, 0.6) is 0 Å². The van der Waals surface area contributed by atoms with Gasteiger partial charge in [0.2, 0.25) is 0 Å². The van der Waals surface area contributed by atoms with Crippen molar-refractivity contribution in [1.82, 2.24) is 0 Å². The van der Waals surface area contributed by atoms with E-state index in [4.69, 9.17) is 10.5 Å². The van der Waals surface area contributed by atoms with E-state index >= 15 is 0 Å². The van der Waals surface area contributed by atoms with Crippen LogP contribution in [0.1, 0.15) is 36.3 Å². The van der Waals surface area contributed by atoms with Gasteiger partial charge >= 0.3 is 12.1 Å². The maximum absolute atomic E-state index is 13.6. The molecule has 0 unspecified atom stereocenters. The molecule has 4 rings (SSSR count). The van der Waals surface area contributed by atoms with Crippen LogP contribution in [0.3, 0.4) is 0 Å². The van der Waals surface area contributed by atoms with Gasteiger partial charge < -0.3 is 15.6 Å². The van der Waals surface area contributed by atoms with Gasteiger partial charge in [-0.05, 0) is 54.1 Å². The molecule has 39 heavy (non-hydrogen) atoms. The van der Waals surface area contributed by atoms with Crippen LogP contribution in [0.4, 0.5) is 21.9 Å². The molecule has 202 valence electrons. The topological polar surface area (TPSA) is 179 Å². The number of nitrogens with two attached hydrogens (primary N) is 1. The van der Waals surface area contributed by atoms with Gasteiger partial charge in [0.05, 0.1) is 15.9 Å². The molecular weight excluding hydrogens is 508 g/mol. The molecule has 3 N–H and O–H groups in total. The Balaban J connectivity index is 1.71. The van der Waals surface area contributed by atoms with Crippen molar-refractivity contribution in [2.45, 2.75) is 31.2 Å². The van der Waals surface area contributed by atoms with Crippen LogP contribution in [-0.2, 0) is 9.53 Å². The molecule has 0 heterocycles. The second kappa shape index (κ2) is 11.7. The lowest BCUT2D eigenvalue weighted by molar-refractivity contribution is -0.393. The summed E-state index contributed by atoms with van der Waals surface area (Å²) >= 11 is 0. The molecule has 0 saturated carbocycles. The van der Waals surface area contributed by atoms with Crippen LogP contribution in [0, 0.1) is 20.2 Å². The minimum absolute atomic E-state index is 0.0646. The van der Waals surface area contributed by atoms with E-state index in [1.54, 1.807) is 0 Å². The van der Waals surface area contributed by atoms with E-state index in [0.717, 1.165) is 34.4 Å². The van der Waals surface area contributed by atoms with Gasteiger partial charge in [0.15, 0.2) is 0 Å². The van der Waals surface area contributed by atoms with E-state index < -0.39 is 45.0 Å². The van der Waals surface area contributed by atoms with Crippen molar-refractivity contribution in [1.29, 1.82) is 0 Å². The zero-order valence-electron chi connectivity index (χ0n) is 20.8. The third-order valence-corrected chi connectivity index (χ3v) is 6.69. The molecule has 0 saturated heterocycles. The molecule has 1 atom stereocenters. The van der Waals surface area contributed by atoms with Crippen molar-refractivity contribution in [3.05, 3.63) is 98.1 Å². The largest absolute Gasteiger partial charge is 0.480 e. The Labute approximate surface area is 222 Å². The zero-order valence-corrected chi connectivity index (χ0v) is 20.8. The second-order valence-electron chi connectivity index (χ2n) is 9.00. The van der Waals surface area contributed by atoms with Crippen LogP contribution in [0.2, 0.25) is 0 Å². The van der Waals surface area contributed by atoms with E-state index in [9.17, 15) is 34.9 Å². The summed E-state index contributed by atoms with van der Waals surface area (Å²) in [5.74, 6) is -1.75. The van der Waals surface area contributed by atoms with Gasteiger partial charge in [-0.2, -0.15) is 0 Å². The number of carbonyl (C=O) groups is 2. The number of nitro benzene ring substituents is 2. The van der Waals surface area contributed by atoms with Crippen LogP contribution in [0.25, 0.3) is 11.1 Å². The van der Waals surface area contributed by atoms with E-state index in [2.05, 4.69) is 0 Å². The average Bonchev–Trinajstić information content (AvgIpc) is 3.24. The highest BCUT2D eigenvalue weighted by atomic mass is 16.6. The summed E-state index contributed by atoms with van der Waals surface area (Å²) in [5, 5.41) is 33.1. The Hall–Kier alpha value is -4.84. The number of ether oxygens (including phenoxy) is 1. The molecule has 0 radical (unpaired) electrons. The summed E-state index contributed by atoms with van der Waals surface area (Å²) in [4.78, 5) is 47.9. The number of hydrogen-bond acceptors (Lipinski definition) is 8. The summed E-state index contributed by atoms with van der Waals surface area (Å²) < 4.78 is 5.65. The van der Waals surface area contributed by atoms with Gasteiger partial charge in [0.25, 0.3) is 11.4 Å². The molecule has 0 fully saturated rings. The van der Waals surface area contributed by atoms with Crippen LogP contribution in [-0.4, -0.2) is 46.2 Å². The van der Waals surface area contributed by atoms with Crippen LogP contribution >= 0.6 is 0 Å². The third kappa shape index (κ3) is 5.55. The number of rotatable bonds is 11. The molecule has 12 heteroatoms. The Morgan fingerprint density at radius 3 is 2.10 bits per heavy atom. The van der Waals surface area contributed by atoms with Crippen LogP contribution in [0.15, 0.2) is 66.7 Å². The molecule has 0 aromatic heterocycles. The number of benzene rings is 3. The highest BCUT2D eigenvalue weighted by Crippen LogP contribution is 2.44. The summed E-state index contributed by atoms with van der Waals surface area (Å²) in [6.07, 6.45) is -0.398. The summed E-state index contributed by atoms with van der Waals surface area (Å²) in [6.45, 7) is 0.133. The van der Waals surface area contributed by atoms with Gasteiger partial charge in [-0.15, -0.1) is 0 Å². The average molecular weight is 535 g/mol. The molecule has 0 spiro atoms. The standard InChI is InChI=1S/C27H26N4O8/c28-14-6-5-11-24(26(32)33)29(23-13-12-17(30(35)36)15-25(23)31(37)38)27(34)39-16-22-20-9-3-1-7-18(20)19-8-2-4-10-21(19)22/h1-4,7-10,12-13,15,22,24H,5-6,11,14,16,28H2,(H,32,33)/t24-/m0/s1. The SMILES string of the molecule is NCCCC[C@@H](C(=O)O)N(C(=O)OCC1c2ccccc2-c2ccccc21)c1ccc([N+](=O)[O-])cc1[N+](=O)[O-]. The quantitative estimate of drug-likeness (QED) is 0.198. The second-order valence-corrected chi connectivity index (χ2v) is 9.00. The van der Waals surface area contributed by atoms with Crippen molar-refractivity contribution in [3.63, 3.8) is 0 Å². The molecule has 0 aliphatic heterocycles. The molecular formula is C27H26N4O8. The summed E-state index contributed by atoms with van der Waals surface area (Å²) in [7, 11) is 0. The number of fused-ring (bicyclic) bond motifs is 3. The van der Waals surface area contributed by atoms with Gasteiger partial charge in [0.1, 0.15) is 18.3 Å². The fourth-order valence-corrected chi connectivity index (χ4v) is 4.88. The number of unbranched alkanes of at least 4 members (excludes halogenated alkanes) is 1. The molecule has 0 bridgehead atoms. The Kier molecular flexibility index (Phi) is 8.15. The predicted octanol–water partition coefficient (Wildman–Crippen LogP) is 4.84. The Morgan fingerprint density at radius 1 is 0.949 bits per heavy atom. The van der Waals surface area contributed by atoms with Gasteiger partial charge in [-0.1, -0.05) is 48.5 Å². The number of carbonyl (C=O) groups excluding carboxylic acids is 1. The first-order chi connectivity index (χ1) is 18.7. The maximum Gasteiger partial charge on any atom is 0.415 e. The number of aliphatic carboxylic acids is 1. The minimum atomic E-state index is -1.53. The zero-order chi connectivity index (χ0) is 28.1. The van der Waals surface area contributed by atoms with Crippen molar-refractivity contribution < 1.29 is 29.3 Å².